The molecule has 27 heavy (non-hydrogen) atoms. The average Bonchev–Trinajstić information content (AvgIpc) is 3.20. The van der Waals surface area contributed by atoms with Crippen molar-refractivity contribution < 1.29 is 18.7 Å². The SMILES string of the molecule is O=C(NCCCOCC1CCCO1)c1cccnc1Nc1ccccc1F. The van der Waals surface area contributed by atoms with Crippen LogP contribution in [-0.4, -0.2) is 43.4 Å². The number of ether oxygens (including phenoxy) is 2. The van der Waals surface area contributed by atoms with Crippen LogP contribution in [0.4, 0.5) is 15.9 Å². The predicted molar refractivity (Wildman–Crippen MR) is 101 cm³/mol. The number of hydrogen-bond donors (Lipinski definition) is 2. The second kappa shape index (κ2) is 9.99. The number of nitrogens with zero attached hydrogens (tertiary/aromatic N) is 1. The van der Waals surface area contributed by atoms with Crippen LogP contribution in [0, 0.1) is 5.82 Å². The van der Waals surface area contributed by atoms with Crippen molar-refractivity contribution in [3.63, 3.8) is 0 Å². The largest absolute Gasteiger partial charge is 0.379 e. The van der Waals surface area contributed by atoms with Crippen LogP contribution in [0.15, 0.2) is 42.6 Å². The summed E-state index contributed by atoms with van der Waals surface area (Å²) in [6, 6.07) is 9.59. The molecule has 0 aliphatic carbocycles. The van der Waals surface area contributed by atoms with Crippen molar-refractivity contribution >= 4 is 17.4 Å². The van der Waals surface area contributed by atoms with Crippen LogP contribution in [0.5, 0.6) is 0 Å². The Morgan fingerprint density at radius 2 is 2.19 bits per heavy atom. The van der Waals surface area contributed by atoms with Crippen molar-refractivity contribution in [2.75, 3.05) is 31.7 Å². The number of carbonyl (C=O) groups excluding carboxylic acids is 1. The van der Waals surface area contributed by atoms with Gasteiger partial charge in [-0.25, -0.2) is 9.37 Å². The standard InChI is InChI=1S/C20H24FN3O3/c21-17-8-1-2-9-18(17)24-19-16(7-3-10-22-19)20(25)23-11-5-12-26-14-15-6-4-13-27-15/h1-3,7-10,15H,4-6,11-14H2,(H,22,24)(H,23,25). The van der Waals surface area contributed by atoms with Crippen LogP contribution >= 0.6 is 0 Å². The fraction of sp³-hybridized carbons (Fsp3) is 0.400. The van der Waals surface area contributed by atoms with Gasteiger partial charge in [0.05, 0.1) is 24.0 Å². The number of para-hydroxylation sites is 1. The maximum absolute atomic E-state index is 13.8. The summed E-state index contributed by atoms with van der Waals surface area (Å²) < 4.78 is 24.9. The van der Waals surface area contributed by atoms with Gasteiger partial charge in [0.25, 0.3) is 5.91 Å². The number of aromatic nitrogens is 1. The van der Waals surface area contributed by atoms with Gasteiger partial charge in [-0.2, -0.15) is 0 Å². The highest BCUT2D eigenvalue weighted by molar-refractivity contribution is 5.99. The molecule has 2 aromatic rings. The molecular weight excluding hydrogens is 349 g/mol. The first-order valence-corrected chi connectivity index (χ1v) is 9.18. The molecule has 1 saturated heterocycles. The van der Waals surface area contributed by atoms with Gasteiger partial charge in [-0.3, -0.25) is 4.79 Å². The number of pyridine rings is 1. The van der Waals surface area contributed by atoms with Crippen LogP contribution in [0.3, 0.4) is 0 Å². The van der Waals surface area contributed by atoms with Gasteiger partial charge in [0.15, 0.2) is 0 Å². The lowest BCUT2D eigenvalue weighted by atomic mass is 10.2. The molecule has 2 heterocycles. The fourth-order valence-electron chi connectivity index (χ4n) is 2.84. The second-order valence-electron chi connectivity index (χ2n) is 6.32. The van der Waals surface area contributed by atoms with Crippen molar-refractivity contribution in [3.8, 4) is 0 Å². The van der Waals surface area contributed by atoms with E-state index in [-0.39, 0.29) is 17.7 Å². The van der Waals surface area contributed by atoms with Crippen molar-refractivity contribution in [2.24, 2.45) is 0 Å². The molecule has 1 aromatic heterocycles. The number of benzene rings is 1. The summed E-state index contributed by atoms with van der Waals surface area (Å²) in [6.45, 7) is 2.47. The Morgan fingerprint density at radius 1 is 1.30 bits per heavy atom. The molecule has 2 N–H and O–H groups in total. The minimum atomic E-state index is -0.405. The molecule has 1 fully saturated rings. The lowest BCUT2D eigenvalue weighted by molar-refractivity contribution is 0.0166. The van der Waals surface area contributed by atoms with E-state index < -0.39 is 5.82 Å². The van der Waals surface area contributed by atoms with Crippen LogP contribution in [0.1, 0.15) is 29.6 Å². The lowest BCUT2D eigenvalue weighted by Gasteiger charge is -2.12. The zero-order valence-corrected chi connectivity index (χ0v) is 15.1. The predicted octanol–water partition coefficient (Wildman–Crippen LogP) is 3.28. The normalized spacial score (nSPS) is 16.3. The maximum atomic E-state index is 13.8. The lowest BCUT2D eigenvalue weighted by Crippen LogP contribution is -2.26. The van der Waals surface area contributed by atoms with E-state index in [0.29, 0.717) is 37.6 Å². The van der Waals surface area contributed by atoms with Gasteiger partial charge < -0.3 is 20.1 Å². The molecule has 1 atom stereocenters. The number of carbonyl (C=O) groups is 1. The fourth-order valence-corrected chi connectivity index (χ4v) is 2.84. The van der Waals surface area contributed by atoms with Gasteiger partial charge in [0, 0.05) is 26.0 Å². The molecule has 3 rings (SSSR count). The first-order chi connectivity index (χ1) is 13.2. The van der Waals surface area contributed by atoms with E-state index >= 15 is 0 Å². The number of nitrogens with one attached hydrogen (secondary N) is 2. The van der Waals surface area contributed by atoms with E-state index in [1.165, 1.54) is 6.07 Å². The van der Waals surface area contributed by atoms with Crippen molar-refractivity contribution in [3.05, 3.63) is 54.0 Å². The molecule has 0 spiro atoms. The van der Waals surface area contributed by atoms with Crippen LogP contribution < -0.4 is 10.6 Å². The number of amides is 1. The van der Waals surface area contributed by atoms with Crippen molar-refractivity contribution in [2.45, 2.75) is 25.4 Å². The molecule has 0 bridgehead atoms. The molecular formula is C20H24FN3O3. The van der Waals surface area contributed by atoms with Gasteiger partial charge in [0.2, 0.25) is 0 Å². The number of anilines is 2. The Morgan fingerprint density at radius 3 is 3.00 bits per heavy atom. The summed E-state index contributed by atoms with van der Waals surface area (Å²) in [6.07, 6.45) is 4.61. The zero-order valence-electron chi connectivity index (χ0n) is 15.1. The molecule has 0 radical (unpaired) electrons. The highest BCUT2D eigenvalue weighted by Crippen LogP contribution is 2.20. The van der Waals surface area contributed by atoms with E-state index in [2.05, 4.69) is 15.6 Å². The Hall–Kier alpha value is -2.51. The zero-order chi connectivity index (χ0) is 18.9. The Balaban J connectivity index is 1.46. The third kappa shape index (κ3) is 5.74. The average molecular weight is 373 g/mol. The minimum absolute atomic E-state index is 0.210. The van der Waals surface area contributed by atoms with Crippen LogP contribution in [0.2, 0.25) is 0 Å². The summed E-state index contributed by atoms with van der Waals surface area (Å²) in [5.74, 6) is -0.353. The first kappa shape index (κ1) is 19.3. The molecule has 0 saturated carbocycles. The third-order valence-corrected chi connectivity index (χ3v) is 4.26. The van der Waals surface area contributed by atoms with Gasteiger partial charge in [0.1, 0.15) is 11.6 Å². The molecule has 1 aliphatic heterocycles. The Labute approximate surface area is 158 Å². The molecule has 1 aliphatic rings. The van der Waals surface area contributed by atoms with E-state index in [9.17, 15) is 9.18 Å². The molecule has 1 unspecified atom stereocenters. The van der Waals surface area contributed by atoms with E-state index in [1.807, 2.05) is 0 Å². The third-order valence-electron chi connectivity index (χ3n) is 4.26. The van der Waals surface area contributed by atoms with Crippen molar-refractivity contribution in [1.29, 1.82) is 0 Å². The summed E-state index contributed by atoms with van der Waals surface area (Å²) in [4.78, 5) is 16.6. The second-order valence-corrected chi connectivity index (χ2v) is 6.32. The molecule has 7 heteroatoms. The quantitative estimate of drug-likeness (QED) is 0.660. The van der Waals surface area contributed by atoms with Gasteiger partial charge in [-0.15, -0.1) is 0 Å². The van der Waals surface area contributed by atoms with Crippen molar-refractivity contribution in [1.82, 2.24) is 10.3 Å². The van der Waals surface area contributed by atoms with E-state index in [0.717, 1.165) is 19.4 Å². The maximum Gasteiger partial charge on any atom is 0.255 e. The van der Waals surface area contributed by atoms with Gasteiger partial charge in [-0.1, -0.05) is 12.1 Å². The van der Waals surface area contributed by atoms with Gasteiger partial charge in [-0.05, 0) is 43.5 Å². The Kier molecular flexibility index (Phi) is 7.12. The summed E-state index contributed by atoms with van der Waals surface area (Å²) in [7, 11) is 0. The summed E-state index contributed by atoms with van der Waals surface area (Å²) >= 11 is 0. The summed E-state index contributed by atoms with van der Waals surface area (Å²) in [5.41, 5.74) is 0.633. The molecule has 1 amide bonds. The van der Waals surface area contributed by atoms with E-state index in [4.69, 9.17) is 9.47 Å². The Bertz CT molecular complexity index is 751. The summed E-state index contributed by atoms with van der Waals surface area (Å²) in [5, 5.41) is 5.72. The first-order valence-electron chi connectivity index (χ1n) is 9.18. The minimum Gasteiger partial charge on any atom is -0.379 e. The topological polar surface area (TPSA) is 72.5 Å². The smallest absolute Gasteiger partial charge is 0.255 e. The van der Waals surface area contributed by atoms with Crippen LogP contribution in [-0.2, 0) is 9.47 Å². The number of rotatable bonds is 9. The van der Waals surface area contributed by atoms with Gasteiger partial charge >= 0.3 is 0 Å². The van der Waals surface area contributed by atoms with E-state index in [1.54, 1.807) is 36.5 Å². The molecule has 6 nitrogen and oxygen atoms in total. The highest BCUT2D eigenvalue weighted by atomic mass is 19.1. The monoisotopic (exact) mass is 373 g/mol. The molecule has 144 valence electrons. The number of halogens is 1. The molecule has 1 aromatic carbocycles. The number of hydrogen-bond acceptors (Lipinski definition) is 5. The van der Waals surface area contributed by atoms with Crippen LogP contribution in [0.25, 0.3) is 0 Å². The highest BCUT2D eigenvalue weighted by Gasteiger charge is 2.15.